The van der Waals surface area contributed by atoms with Gasteiger partial charge in [0.1, 0.15) is 18.3 Å². The molecule has 0 fully saturated rings. The Bertz CT molecular complexity index is 1470. The number of nitrogens with zero attached hydrogens (tertiary/aromatic N) is 2. The van der Waals surface area contributed by atoms with E-state index in [0.717, 1.165) is 26.6 Å². The summed E-state index contributed by atoms with van der Waals surface area (Å²) in [5, 5.41) is 2.91. The second-order valence-electron chi connectivity index (χ2n) is 10.6. The molecule has 3 aromatic carbocycles. The van der Waals surface area contributed by atoms with E-state index in [1.165, 1.54) is 4.90 Å². The van der Waals surface area contributed by atoms with Crippen molar-refractivity contribution in [2.24, 2.45) is 0 Å². The maximum Gasteiger partial charge on any atom is 0.264 e. The van der Waals surface area contributed by atoms with Crippen LogP contribution >= 0.6 is 0 Å². The third-order valence-corrected chi connectivity index (χ3v) is 8.76. The fourth-order valence-corrected chi connectivity index (χ4v) is 5.92. The van der Waals surface area contributed by atoms with Crippen molar-refractivity contribution in [3.8, 4) is 5.75 Å². The smallest absolute Gasteiger partial charge is 0.264 e. The average molecular weight is 580 g/mol. The number of ether oxygens (including phenoxy) is 1. The van der Waals surface area contributed by atoms with Gasteiger partial charge < -0.3 is 15.0 Å². The molecule has 0 aliphatic rings. The monoisotopic (exact) mass is 579 g/mol. The van der Waals surface area contributed by atoms with Crippen molar-refractivity contribution in [3.05, 3.63) is 89.0 Å². The van der Waals surface area contributed by atoms with Gasteiger partial charge in [-0.15, -0.1) is 0 Å². The van der Waals surface area contributed by atoms with E-state index in [-0.39, 0.29) is 23.4 Å². The molecule has 0 unspecified atom stereocenters. The number of rotatable bonds is 12. The molecule has 9 heteroatoms. The fourth-order valence-electron chi connectivity index (χ4n) is 4.51. The molecule has 41 heavy (non-hydrogen) atoms. The largest absolute Gasteiger partial charge is 0.497 e. The molecule has 0 spiro atoms. The van der Waals surface area contributed by atoms with Crippen LogP contribution in [0.4, 0.5) is 5.69 Å². The lowest BCUT2D eigenvalue weighted by atomic mass is 10.1. The normalized spacial score (nSPS) is 12.1. The zero-order valence-corrected chi connectivity index (χ0v) is 25.8. The molecule has 0 bridgehead atoms. The summed E-state index contributed by atoms with van der Waals surface area (Å²) in [7, 11) is -2.56. The Morgan fingerprint density at radius 1 is 0.927 bits per heavy atom. The lowest BCUT2D eigenvalue weighted by Crippen LogP contribution is -2.53. The van der Waals surface area contributed by atoms with E-state index < -0.39 is 28.5 Å². The summed E-state index contributed by atoms with van der Waals surface area (Å²) in [6.07, 6.45) is 0.350. The van der Waals surface area contributed by atoms with Crippen molar-refractivity contribution < 1.29 is 22.7 Å². The van der Waals surface area contributed by atoms with Gasteiger partial charge in [-0.3, -0.25) is 13.9 Å². The molecule has 3 rings (SSSR count). The van der Waals surface area contributed by atoms with Gasteiger partial charge >= 0.3 is 0 Å². The van der Waals surface area contributed by atoms with Crippen molar-refractivity contribution in [2.75, 3.05) is 18.0 Å². The van der Waals surface area contributed by atoms with Gasteiger partial charge in [-0.25, -0.2) is 8.42 Å². The second-order valence-corrected chi connectivity index (χ2v) is 12.4. The lowest BCUT2D eigenvalue weighted by Gasteiger charge is -2.33. The first kappa shape index (κ1) is 31.7. The molecule has 0 radical (unpaired) electrons. The van der Waals surface area contributed by atoms with Crippen LogP contribution in [0.15, 0.2) is 71.6 Å². The molecule has 0 saturated heterocycles. The number of methoxy groups -OCH3 is 1. The zero-order valence-electron chi connectivity index (χ0n) is 25.0. The number of hydrogen-bond acceptors (Lipinski definition) is 5. The van der Waals surface area contributed by atoms with E-state index in [1.54, 1.807) is 55.6 Å². The molecule has 1 N–H and O–H groups in total. The molecule has 220 valence electrons. The Labute approximate surface area is 244 Å². The average Bonchev–Trinajstić information content (AvgIpc) is 2.93. The summed E-state index contributed by atoms with van der Waals surface area (Å²) >= 11 is 0. The Kier molecular flexibility index (Phi) is 10.6. The first-order valence-electron chi connectivity index (χ1n) is 13.8. The number of sulfonamides is 1. The number of amides is 2. The molecule has 0 aliphatic carbocycles. The zero-order chi connectivity index (χ0) is 30.3. The number of aryl methyl sites for hydroxylation is 3. The minimum absolute atomic E-state index is 0.0815. The summed E-state index contributed by atoms with van der Waals surface area (Å²) in [5.41, 5.74) is 3.96. The van der Waals surface area contributed by atoms with E-state index in [9.17, 15) is 18.0 Å². The second kappa shape index (κ2) is 13.7. The molecule has 3 aromatic rings. The highest BCUT2D eigenvalue weighted by molar-refractivity contribution is 7.92. The van der Waals surface area contributed by atoms with E-state index in [1.807, 2.05) is 59.7 Å². The highest BCUT2D eigenvalue weighted by atomic mass is 32.2. The Hall–Kier alpha value is -3.85. The van der Waals surface area contributed by atoms with Gasteiger partial charge in [0, 0.05) is 12.6 Å². The van der Waals surface area contributed by atoms with E-state index in [4.69, 9.17) is 4.74 Å². The lowest BCUT2D eigenvalue weighted by molar-refractivity contribution is -0.140. The first-order valence-corrected chi connectivity index (χ1v) is 15.2. The minimum Gasteiger partial charge on any atom is -0.497 e. The topological polar surface area (TPSA) is 96.0 Å². The third kappa shape index (κ3) is 7.88. The van der Waals surface area contributed by atoms with Crippen LogP contribution in [-0.4, -0.2) is 50.9 Å². The summed E-state index contributed by atoms with van der Waals surface area (Å²) in [6, 6.07) is 18.2. The van der Waals surface area contributed by atoms with Crippen LogP contribution in [0, 0.1) is 20.8 Å². The van der Waals surface area contributed by atoms with Crippen molar-refractivity contribution in [3.63, 3.8) is 0 Å². The standard InChI is InChI=1S/C32H41N3O5S/c1-8-30(32(37)33-22(2)3)34(20-26-10-9-11-28(19-26)40-7)31(36)21-35(27-15-14-24(5)25(6)18-27)41(38,39)29-16-12-23(4)13-17-29/h9-19,22,30H,8,20-21H2,1-7H3,(H,33,37)/t30-/m1/s1. The van der Waals surface area contributed by atoms with Gasteiger partial charge in [0.2, 0.25) is 11.8 Å². The van der Waals surface area contributed by atoms with Crippen LogP contribution in [0.25, 0.3) is 0 Å². The number of nitrogens with one attached hydrogen (secondary N) is 1. The van der Waals surface area contributed by atoms with E-state index in [2.05, 4.69) is 5.32 Å². The van der Waals surface area contributed by atoms with Gasteiger partial charge in [-0.2, -0.15) is 0 Å². The van der Waals surface area contributed by atoms with E-state index >= 15 is 0 Å². The molecule has 0 aliphatic heterocycles. The van der Waals surface area contributed by atoms with Crippen molar-refractivity contribution >= 4 is 27.5 Å². The number of benzene rings is 3. The van der Waals surface area contributed by atoms with Gasteiger partial charge in [0.15, 0.2) is 0 Å². The Morgan fingerprint density at radius 2 is 1.61 bits per heavy atom. The van der Waals surface area contributed by atoms with Gasteiger partial charge in [0.05, 0.1) is 17.7 Å². The van der Waals surface area contributed by atoms with Crippen LogP contribution in [0.2, 0.25) is 0 Å². The SMILES string of the molecule is CC[C@H](C(=O)NC(C)C)N(Cc1cccc(OC)c1)C(=O)CN(c1ccc(C)c(C)c1)S(=O)(=O)c1ccc(C)cc1. The molecule has 0 aromatic heterocycles. The minimum atomic E-state index is -4.12. The first-order chi connectivity index (χ1) is 19.4. The Balaban J connectivity index is 2.10. The third-order valence-electron chi connectivity index (χ3n) is 6.97. The van der Waals surface area contributed by atoms with Crippen LogP contribution in [-0.2, 0) is 26.2 Å². The highest BCUT2D eigenvalue weighted by Crippen LogP contribution is 2.27. The van der Waals surface area contributed by atoms with Gasteiger partial charge in [0.25, 0.3) is 10.0 Å². The highest BCUT2D eigenvalue weighted by Gasteiger charge is 2.34. The number of carbonyl (C=O) groups excluding carboxylic acids is 2. The predicted octanol–water partition coefficient (Wildman–Crippen LogP) is 5.15. The molecule has 0 saturated carbocycles. The van der Waals surface area contributed by atoms with Crippen LogP contribution in [0.1, 0.15) is 49.4 Å². The number of anilines is 1. The summed E-state index contributed by atoms with van der Waals surface area (Å²) in [6.45, 7) is 10.9. The number of carbonyl (C=O) groups is 2. The molecule has 0 heterocycles. The predicted molar refractivity (Wildman–Crippen MR) is 163 cm³/mol. The summed E-state index contributed by atoms with van der Waals surface area (Å²) in [4.78, 5) is 29.0. The quantitative estimate of drug-likeness (QED) is 0.320. The summed E-state index contributed by atoms with van der Waals surface area (Å²) < 4.78 is 34.5. The van der Waals surface area contributed by atoms with Crippen molar-refractivity contribution in [1.29, 1.82) is 0 Å². The van der Waals surface area contributed by atoms with Gasteiger partial charge in [-0.1, -0.05) is 42.8 Å². The van der Waals surface area contributed by atoms with E-state index in [0.29, 0.717) is 17.9 Å². The molecular weight excluding hydrogens is 538 g/mol. The van der Waals surface area contributed by atoms with Gasteiger partial charge in [-0.05, 0) is 94.1 Å². The molecular formula is C32H41N3O5S. The van der Waals surface area contributed by atoms with Crippen molar-refractivity contribution in [2.45, 2.75) is 71.5 Å². The molecule has 2 amide bonds. The number of hydrogen-bond donors (Lipinski definition) is 1. The van der Waals surface area contributed by atoms with Crippen LogP contribution in [0.5, 0.6) is 5.75 Å². The maximum atomic E-state index is 14.2. The fraction of sp³-hybridized carbons (Fsp3) is 0.375. The molecule has 8 nitrogen and oxygen atoms in total. The van der Waals surface area contributed by atoms with Crippen LogP contribution < -0.4 is 14.4 Å². The molecule has 1 atom stereocenters. The summed E-state index contributed by atoms with van der Waals surface area (Å²) in [5.74, 6) is -0.168. The van der Waals surface area contributed by atoms with Crippen LogP contribution in [0.3, 0.4) is 0 Å². The maximum absolute atomic E-state index is 14.2. The van der Waals surface area contributed by atoms with Crippen molar-refractivity contribution in [1.82, 2.24) is 10.2 Å². The Morgan fingerprint density at radius 3 is 2.20 bits per heavy atom.